The third-order valence-electron chi connectivity index (χ3n) is 1.01. The van der Waals surface area contributed by atoms with Crippen molar-refractivity contribution in [3.63, 3.8) is 0 Å². The van der Waals surface area contributed by atoms with Crippen molar-refractivity contribution in [2.75, 3.05) is 12.5 Å². The molecule has 3 nitrogen and oxygen atoms in total. The first-order valence-electron chi connectivity index (χ1n) is 3.18. The zero-order chi connectivity index (χ0) is 8.85. The van der Waals surface area contributed by atoms with Crippen LogP contribution in [0.3, 0.4) is 0 Å². The van der Waals surface area contributed by atoms with Crippen molar-refractivity contribution >= 4 is 29.2 Å². The summed E-state index contributed by atoms with van der Waals surface area (Å²) in [6.07, 6.45) is -1.04. The molecule has 0 bridgehead atoms. The highest BCUT2D eigenvalue weighted by Gasteiger charge is 2.24. The first-order valence-corrected chi connectivity index (χ1v) is 4.15. The van der Waals surface area contributed by atoms with Gasteiger partial charge in [-0.15, -0.1) is 23.2 Å². The molecule has 66 valence electrons. The van der Waals surface area contributed by atoms with Gasteiger partial charge in [-0.25, -0.2) is 0 Å². The first-order chi connectivity index (χ1) is 5.13. The normalized spacial score (nSPS) is 15.6. The van der Waals surface area contributed by atoms with Crippen LogP contribution in [-0.4, -0.2) is 35.0 Å². The Morgan fingerprint density at radius 2 is 2.27 bits per heavy atom. The molecule has 0 aliphatic heterocycles. The second-order valence-corrected chi connectivity index (χ2v) is 2.65. The highest BCUT2D eigenvalue weighted by molar-refractivity contribution is 6.31. The number of hydrogen-bond donors (Lipinski definition) is 1. The highest BCUT2D eigenvalue weighted by Crippen LogP contribution is 2.06. The van der Waals surface area contributed by atoms with Crippen molar-refractivity contribution in [3.05, 3.63) is 0 Å². The molecule has 5 heteroatoms. The van der Waals surface area contributed by atoms with Gasteiger partial charge in [0, 0.05) is 0 Å². The number of esters is 1. The fourth-order valence-electron chi connectivity index (χ4n) is 0.457. The van der Waals surface area contributed by atoms with Crippen LogP contribution in [0.1, 0.15) is 6.92 Å². The summed E-state index contributed by atoms with van der Waals surface area (Å²) in [7, 11) is 0. The van der Waals surface area contributed by atoms with E-state index in [9.17, 15) is 4.79 Å². The van der Waals surface area contributed by atoms with Crippen LogP contribution in [0.15, 0.2) is 0 Å². The predicted octanol–water partition coefficient (Wildman–Crippen LogP) is 0.757. The van der Waals surface area contributed by atoms with Crippen molar-refractivity contribution in [1.82, 2.24) is 0 Å². The molecule has 2 unspecified atom stereocenters. The molecule has 0 fully saturated rings. The first kappa shape index (κ1) is 11.0. The van der Waals surface area contributed by atoms with E-state index >= 15 is 0 Å². The van der Waals surface area contributed by atoms with E-state index in [1.165, 1.54) is 0 Å². The molecule has 0 heterocycles. The lowest BCUT2D eigenvalue weighted by Crippen LogP contribution is -2.31. The van der Waals surface area contributed by atoms with Crippen LogP contribution in [0.25, 0.3) is 0 Å². The SMILES string of the molecule is CCOC(=O)C(Cl)C(O)CCl. The number of halogens is 2. The van der Waals surface area contributed by atoms with Gasteiger partial charge in [0.15, 0.2) is 5.38 Å². The fraction of sp³-hybridized carbons (Fsp3) is 0.833. The van der Waals surface area contributed by atoms with Gasteiger partial charge in [-0.3, -0.25) is 4.79 Å². The Kier molecular flexibility index (Phi) is 5.64. The van der Waals surface area contributed by atoms with Gasteiger partial charge in [0.25, 0.3) is 0 Å². The van der Waals surface area contributed by atoms with Crippen LogP contribution in [0.2, 0.25) is 0 Å². The Labute approximate surface area is 75.2 Å². The lowest BCUT2D eigenvalue weighted by molar-refractivity contribution is -0.144. The van der Waals surface area contributed by atoms with Gasteiger partial charge in [0.2, 0.25) is 0 Å². The van der Waals surface area contributed by atoms with E-state index in [1.807, 2.05) is 0 Å². The van der Waals surface area contributed by atoms with Crippen molar-refractivity contribution in [2.24, 2.45) is 0 Å². The van der Waals surface area contributed by atoms with Gasteiger partial charge in [-0.2, -0.15) is 0 Å². The Hall–Kier alpha value is 0.01000. The average Bonchev–Trinajstić information content (AvgIpc) is 2.02. The van der Waals surface area contributed by atoms with Gasteiger partial charge in [0.05, 0.1) is 18.6 Å². The van der Waals surface area contributed by atoms with Crippen LogP contribution < -0.4 is 0 Å². The minimum absolute atomic E-state index is 0.0764. The molecule has 0 aromatic heterocycles. The quantitative estimate of drug-likeness (QED) is 0.539. The number of carbonyl (C=O) groups excluding carboxylic acids is 1. The molecular weight excluding hydrogens is 191 g/mol. The Bertz CT molecular complexity index is 129. The van der Waals surface area contributed by atoms with E-state index in [2.05, 4.69) is 4.74 Å². The van der Waals surface area contributed by atoms with Crippen molar-refractivity contribution in [3.8, 4) is 0 Å². The number of hydrogen-bond acceptors (Lipinski definition) is 3. The number of ether oxygens (including phenoxy) is 1. The number of aliphatic hydroxyl groups excluding tert-OH is 1. The van der Waals surface area contributed by atoms with Crippen LogP contribution in [0.4, 0.5) is 0 Å². The van der Waals surface area contributed by atoms with E-state index in [4.69, 9.17) is 28.3 Å². The van der Waals surface area contributed by atoms with Gasteiger partial charge in [0.1, 0.15) is 0 Å². The summed E-state index contributed by atoms with van der Waals surface area (Å²) in [6.45, 7) is 1.91. The van der Waals surface area contributed by atoms with Crippen LogP contribution in [0.5, 0.6) is 0 Å². The minimum Gasteiger partial charge on any atom is -0.465 e. The zero-order valence-corrected chi connectivity index (χ0v) is 7.60. The predicted molar refractivity (Wildman–Crippen MR) is 43.0 cm³/mol. The molecular formula is C6H10Cl2O3. The largest absolute Gasteiger partial charge is 0.465 e. The summed E-state index contributed by atoms with van der Waals surface area (Å²) in [5.41, 5.74) is 0. The zero-order valence-electron chi connectivity index (χ0n) is 6.09. The monoisotopic (exact) mass is 200 g/mol. The molecule has 0 spiro atoms. The standard InChI is InChI=1S/C6H10Cl2O3/c1-2-11-6(10)5(8)4(9)3-7/h4-5,9H,2-3H2,1H3. The number of carbonyl (C=O) groups is 1. The maximum atomic E-state index is 10.8. The van der Waals surface area contributed by atoms with Crippen molar-refractivity contribution in [1.29, 1.82) is 0 Å². The molecule has 0 aliphatic carbocycles. The topological polar surface area (TPSA) is 46.5 Å². The van der Waals surface area contributed by atoms with Gasteiger partial charge in [-0.1, -0.05) is 0 Å². The minimum atomic E-state index is -1.06. The number of alkyl halides is 2. The molecule has 0 saturated heterocycles. The average molecular weight is 201 g/mol. The van der Waals surface area contributed by atoms with E-state index in [0.29, 0.717) is 0 Å². The fourth-order valence-corrected chi connectivity index (χ4v) is 0.879. The second-order valence-electron chi connectivity index (χ2n) is 1.88. The van der Waals surface area contributed by atoms with Gasteiger partial charge in [-0.05, 0) is 6.92 Å². The number of rotatable bonds is 4. The van der Waals surface area contributed by atoms with Crippen molar-refractivity contribution in [2.45, 2.75) is 18.4 Å². The Morgan fingerprint density at radius 1 is 1.73 bits per heavy atom. The third kappa shape index (κ3) is 3.79. The Balaban J connectivity index is 3.80. The van der Waals surface area contributed by atoms with Crippen LogP contribution in [-0.2, 0) is 9.53 Å². The molecule has 2 atom stereocenters. The highest BCUT2D eigenvalue weighted by atomic mass is 35.5. The summed E-state index contributed by atoms with van der Waals surface area (Å²) in [5, 5.41) is 7.90. The van der Waals surface area contributed by atoms with Crippen LogP contribution >= 0.6 is 23.2 Å². The molecule has 0 radical (unpaired) electrons. The van der Waals surface area contributed by atoms with Crippen LogP contribution in [0, 0.1) is 0 Å². The molecule has 0 aromatic rings. The lowest BCUT2D eigenvalue weighted by Gasteiger charge is -2.11. The summed E-state index contributed by atoms with van der Waals surface area (Å²) in [6, 6.07) is 0. The molecule has 0 rings (SSSR count). The molecule has 11 heavy (non-hydrogen) atoms. The molecule has 0 saturated carbocycles. The summed E-state index contributed by atoms with van der Waals surface area (Å²) < 4.78 is 4.54. The maximum Gasteiger partial charge on any atom is 0.326 e. The summed E-state index contributed by atoms with van der Waals surface area (Å²) in [4.78, 5) is 10.8. The Morgan fingerprint density at radius 3 is 2.64 bits per heavy atom. The van der Waals surface area contributed by atoms with E-state index in [0.717, 1.165) is 0 Å². The van der Waals surface area contributed by atoms with E-state index in [-0.39, 0.29) is 12.5 Å². The van der Waals surface area contributed by atoms with E-state index < -0.39 is 17.5 Å². The second kappa shape index (κ2) is 5.63. The third-order valence-corrected chi connectivity index (χ3v) is 1.79. The summed E-state index contributed by atoms with van der Waals surface area (Å²) in [5.74, 6) is -0.713. The van der Waals surface area contributed by atoms with Gasteiger partial charge < -0.3 is 9.84 Å². The molecule has 0 aromatic carbocycles. The van der Waals surface area contributed by atoms with Crippen molar-refractivity contribution < 1.29 is 14.6 Å². The molecule has 0 amide bonds. The maximum absolute atomic E-state index is 10.8. The molecule has 1 N–H and O–H groups in total. The molecule has 0 aliphatic rings. The smallest absolute Gasteiger partial charge is 0.326 e. The lowest BCUT2D eigenvalue weighted by atomic mass is 10.3. The van der Waals surface area contributed by atoms with Gasteiger partial charge >= 0.3 is 5.97 Å². The summed E-state index contributed by atoms with van der Waals surface area (Å²) >= 11 is 10.7. The number of aliphatic hydroxyl groups is 1. The van der Waals surface area contributed by atoms with E-state index in [1.54, 1.807) is 6.92 Å².